The topological polar surface area (TPSA) is 45.7 Å². The molecule has 1 spiro atoms. The van der Waals surface area contributed by atoms with Crippen molar-refractivity contribution in [3.8, 4) is 0 Å². The maximum atomic E-state index is 12.9. The van der Waals surface area contributed by atoms with Gasteiger partial charge in [0.1, 0.15) is 6.10 Å². The van der Waals surface area contributed by atoms with Gasteiger partial charge < -0.3 is 14.5 Å². The number of anilines is 1. The van der Waals surface area contributed by atoms with Gasteiger partial charge in [0.25, 0.3) is 5.91 Å². The van der Waals surface area contributed by atoms with Gasteiger partial charge in [-0.1, -0.05) is 30.3 Å². The number of morpholine rings is 1. The fourth-order valence-electron chi connectivity index (χ4n) is 4.67. The molecule has 0 bridgehead atoms. The maximum Gasteiger partial charge on any atom is 0.255 e. The normalized spacial score (nSPS) is 22.1. The molecule has 5 rings (SSSR count). The number of rotatable bonds is 4. The molecule has 1 aromatic heterocycles. The molecule has 1 atom stereocenters. The lowest BCUT2D eigenvalue weighted by molar-refractivity contribution is -0.161. The zero-order valence-corrected chi connectivity index (χ0v) is 18.1. The third-order valence-electron chi connectivity index (χ3n) is 6.44. The van der Waals surface area contributed by atoms with E-state index in [0.717, 1.165) is 54.8 Å². The van der Waals surface area contributed by atoms with Gasteiger partial charge in [-0.05, 0) is 49.9 Å². The summed E-state index contributed by atoms with van der Waals surface area (Å²) in [5.41, 5.74) is 4.93. The summed E-state index contributed by atoms with van der Waals surface area (Å²) in [5, 5.41) is 0. The van der Waals surface area contributed by atoms with E-state index in [9.17, 15) is 4.79 Å². The summed E-state index contributed by atoms with van der Waals surface area (Å²) in [5.74, 6) is 0.0518. The van der Waals surface area contributed by atoms with Crippen LogP contribution >= 0.6 is 11.3 Å². The summed E-state index contributed by atoms with van der Waals surface area (Å²) in [6, 6.07) is 16.8. The molecular weight excluding hydrogens is 394 g/mol. The number of aromatic nitrogens is 1. The minimum absolute atomic E-state index is 0.0518. The SMILES string of the molecule is CC1OC2(CCN(CCc3ccccc3)CC2)CN(c2ccc3ncsc3c2)C1=O. The van der Waals surface area contributed by atoms with Crippen molar-refractivity contribution in [1.29, 1.82) is 0 Å². The van der Waals surface area contributed by atoms with E-state index in [1.165, 1.54) is 5.56 Å². The molecule has 3 heterocycles. The zero-order chi connectivity index (χ0) is 20.6. The second-order valence-corrected chi connectivity index (χ2v) is 9.34. The predicted octanol–water partition coefficient (Wildman–Crippen LogP) is 4.13. The fourth-order valence-corrected chi connectivity index (χ4v) is 5.38. The lowest BCUT2D eigenvalue weighted by Gasteiger charge is -2.49. The maximum absolute atomic E-state index is 12.9. The van der Waals surface area contributed by atoms with E-state index in [1.54, 1.807) is 11.3 Å². The van der Waals surface area contributed by atoms with Crippen molar-refractivity contribution in [3.63, 3.8) is 0 Å². The summed E-state index contributed by atoms with van der Waals surface area (Å²) in [4.78, 5) is 21.7. The number of carbonyl (C=O) groups is 1. The average molecular weight is 422 g/mol. The van der Waals surface area contributed by atoms with Crippen LogP contribution in [0.1, 0.15) is 25.3 Å². The standard InChI is InChI=1S/C24H27N3O2S/c1-18-23(28)27(20-7-8-21-22(15-20)30-17-25-21)16-24(29-18)10-13-26(14-11-24)12-9-19-5-3-2-4-6-19/h2-8,15,17-18H,9-14,16H2,1H3. The lowest BCUT2D eigenvalue weighted by Crippen LogP contribution is -2.61. The molecule has 30 heavy (non-hydrogen) atoms. The van der Waals surface area contributed by atoms with Gasteiger partial charge in [0, 0.05) is 25.3 Å². The van der Waals surface area contributed by atoms with Crippen LogP contribution in [-0.4, -0.2) is 53.7 Å². The van der Waals surface area contributed by atoms with Gasteiger partial charge in [-0.25, -0.2) is 4.98 Å². The highest BCUT2D eigenvalue weighted by Crippen LogP contribution is 2.36. The number of benzene rings is 2. The van der Waals surface area contributed by atoms with Gasteiger partial charge >= 0.3 is 0 Å². The molecule has 2 aliphatic heterocycles. The number of thiazole rings is 1. The Kier molecular flexibility index (Phi) is 5.31. The molecule has 0 radical (unpaired) electrons. The summed E-state index contributed by atoms with van der Waals surface area (Å²) < 4.78 is 7.45. The highest BCUT2D eigenvalue weighted by Gasteiger charge is 2.45. The van der Waals surface area contributed by atoms with Crippen LogP contribution in [0.3, 0.4) is 0 Å². The van der Waals surface area contributed by atoms with Crippen molar-refractivity contribution in [2.45, 2.75) is 37.9 Å². The number of carbonyl (C=O) groups excluding carboxylic acids is 1. The van der Waals surface area contributed by atoms with Crippen LogP contribution in [-0.2, 0) is 16.0 Å². The van der Waals surface area contributed by atoms with Gasteiger partial charge in [-0.15, -0.1) is 11.3 Å². The Hall–Kier alpha value is -2.28. The molecule has 156 valence electrons. The Morgan fingerprint density at radius 3 is 2.77 bits per heavy atom. The molecule has 1 unspecified atom stereocenters. The van der Waals surface area contributed by atoms with Crippen LogP contribution in [0.2, 0.25) is 0 Å². The lowest BCUT2D eigenvalue weighted by atomic mass is 9.88. The molecule has 2 saturated heterocycles. The predicted molar refractivity (Wildman–Crippen MR) is 121 cm³/mol. The van der Waals surface area contributed by atoms with Gasteiger partial charge in [0.05, 0.1) is 27.9 Å². The first-order valence-corrected chi connectivity index (χ1v) is 11.6. The third kappa shape index (κ3) is 3.87. The molecule has 1 amide bonds. The smallest absolute Gasteiger partial charge is 0.255 e. The van der Waals surface area contributed by atoms with Crippen LogP contribution in [0.5, 0.6) is 0 Å². The highest BCUT2D eigenvalue weighted by atomic mass is 32.1. The van der Waals surface area contributed by atoms with Gasteiger partial charge in [0.15, 0.2) is 0 Å². The van der Waals surface area contributed by atoms with Crippen molar-refractivity contribution < 1.29 is 9.53 Å². The number of ether oxygens (including phenoxy) is 1. The Bertz CT molecular complexity index is 1030. The second kappa shape index (κ2) is 8.10. The molecule has 0 saturated carbocycles. The number of piperidine rings is 1. The van der Waals surface area contributed by atoms with Gasteiger partial charge in [-0.2, -0.15) is 0 Å². The number of hydrogen-bond donors (Lipinski definition) is 0. The number of likely N-dealkylation sites (tertiary alicyclic amines) is 1. The van der Waals surface area contributed by atoms with Crippen molar-refractivity contribution in [1.82, 2.24) is 9.88 Å². The third-order valence-corrected chi connectivity index (χ3v) is 7.23. The van der Waals surface area contributed by atoms with E-state index in [1.807, 2.05) is 29.5 Å². The molecule has 0 N–H and O–H groups in total. The Balaban J connectivity index is 1.27. The minimum Gasteiger partial charge on any atom is -0.360 e. The van der Waals surface area contributed by atoms with Crippen LogP contribution < -0.4 is 4.90 Å². The van der Waals surface area contributed by atoms with Crippen molar-refractivity contribution in [2.24, 2.45) is 0 Å². The van der Waals surface area contributed by atoms with E-state index >= 15 is 0 Å². The van der Waals surface area contributed by atoms with Crippen LogP contribution in [0.25, 0.3) is 10.2 Å². The highest BCUT2D eigenvalue weighted by molar-refractivity contribution is 7.16. The molecule has 2 fully saturated rings. The number of amides is 1. The largest absolute Gasteiger partial charge is 0.360 e. The van der Waals surface area contributed by atoms with E-state index in [0.29, 0.717) is 6.54 Å². The molecule has 6 heteroatoms. The molecule has 5 nitrogen and oxygen atoms in total. The van der Waals surface area contributed by atoms with E-state index in [4.69, 9.17) is 4.74 Å². The van der Waals surface area contributed by atoms with Crippen molar-refractivity contribution >= 4 is 33.1 Å². The van der Waals surface area contributed by atoms with E-state index in [-0.39, 0.29) is 11.5 Å². The summed E-state index contributed by atoms with van der Waals surface area (Å²) in [6.07, 6.45) is 2.58. The quantitative estimate of drug-likeness (QED) is 0.636. The zero-order valence-electron chi connectivity index (χ0n) is 17.3. The summed E-state index contributed by atoms with van der Waals surface area (Å²) in [7, 11) is 0. The first kappa shape index (κ1) is 19.7. The van der Waals surface area contributed by atoms with Crippen molar-refractivity contribution in [3.05, 3.63) is 59.6 Å². The molecule has 0 aliphatic carbocycles. The molecule has 2 aromatic carbocycles. The summed E-state index contributed by atoms with van der Waals surface area (Å²) >= 11 is 1.61. The van der Waals surface area contributed by atoms with Gasteiger partial charge in [-0.3, -0.25) is 4.79 Å². The number of hydrogen-bond acceptors (Lipinski definition) is 5. The minimum atomic E-state index is -0.410. The number of fused-ring (bicyclic) bond motifs is 1. The van der Waals surface area contributed by atoms with Crippen LogP contribution in [0.4, 0.5) is 5.69 Å². The molecular formula is C24H27N3O2S. The Morgan fingerprint density at radius 2 is 1.97 bits per heavy atom. The first-order chi connectivity index (χ1) is 14.6. The Labute approximate surface area is 181 Å². The van der Waals surface area contributed by atoms with Crippen LogP contribution in [0, 0.1) is 0 Å². The fraction of sp³-hybridized carbons (Fsp3) is 0.417. The van der Waals surface area contributed by atoms with E-state index in [2.05, 4.69) is 46.3 Å². The van der Waals surface area contributed by atoms with E-state index < -0.39 is 6.10 Å². The summed E-state index contributed by atoms with van der Waals surface area (Å²) in [6.45, 7) is 5.61. The molecule has 2 aliphatic rings. The Morgan fingerprint density at radius 1 is 1.17 bits per heavy atom. The second-order valence-electron chi connectivity index (χ2n) is 8.45. The monoisotopic (exact) mass is 421 g/mol. The first-order valence-electron chi connectivity index (χ1n) is 10.7. The van der Waals surface area contributed by atoms with Crippen LogP contribution in [0.15, 0.2) is 54.0 Å². The van der Waals surface area contributed by atoms with Crippen molar-refractivity contribution in [2.75, 3.05) is 31.1 Å². The van der Waals surface area contributed by atoms with Gasteiger partial charge in [0.2, 0.25) is 0 Å². The molecule has 3 aromatic rings. The number of nitrogens with zero attached hydrogens (tertiary/aromatic N) is 3. The average Bonchev–Trinajstić information content (AvgIpc) is 3.25.